The lowest BCUT2D eigenvalue weighted by molar-refractivity contribution is 0.600. The van der Waals surface area contributed by atoms with Crippen LogP contribution in [-0.2, 0) is 16.4 Å². The number of sulfonamides is 1. The van der Waals surface area contributed by atoms with E-state index in [1.54, 1.807) is 24.3 Å². The Morgan fingerprint density at radius 3 is 2.12 bits per heavy atom. The average molecular weight is 375 g/mol. The molecule has 26 heavy (non-hydrogen) atoms. The zero-order valence-corrected chi connectivity index (χ0v) is 15.9. The predicted molar refractivity (Wildman–Crippen MR) is 104 cm³/mol. The molecule has 0 amide bonds. The molecule has 0 unspecified atom stereocenters. The van der Waals surface area contributed by atoms with Gasteiger partial charge >= 0.3 is 0 Å². The van der Waals surface area contributed by atoms with Gasteiger partial charge in [0.25, 0.3) is 10.0 Å². The van der Waals surface area contributed by atoms with Crippen molar-refractivity contribution in [2.75, 3.05) is 10.0 Å². The van der Waals surface area contributed by atoms with Crippen LogP contribution in [0.15, 0.2) is 41.3 Å². The van der Waals surface area contributed by atoms with Crippen LogP contribution >= 0.6 is 0 Å². The van der Waals surface area contributed by atoms with E-state index in [0.29, 0.717) is 11.9 Å². The van der Waals surface area contributed by atoms with E-state index in [-0.39, 0.29) is 10.7 Å². The van der Waals surface area contributed by atoms with E-state index in [1.165, 1.54) is 25.7 Å². The molecule has 1 saturated carbocycles. The minimum absolute atomic E-state index is 0.219. The Morgan fingerprint density at radius 1 is 0.923 bits per heavy atom. The van der Waals surface area contributed by atoms with Gasteiger partial charge in [-0.1, -0.05) is 44.7 Å². The lowest BCUT2D eigenvalue weighted by Gasteiger charge is -2.16. The molecule has 1 heterocycles. The first-order chi connectivity index (χ1) is 12.6. The summed E-state index contributed by atoms with van der Waals surface area (Å²) in [6.07, 6.45) is 8.22. The van der Waals surface area contributed by atoms with Crippen molar-refractivity contribution in [1.82, 2.24) is 10.2 Å². The van der Waals surface area contributed by atoms with Crippen LogP contribution in [0, 0.1) is 0 Å². The van der Waals surface area contributed by atoms with Crippen molar-refractivity contribution < 1.29 is 8.42 Å². The van der Waals surface area contributed by atoms with Crippen LogP contribution in [-0.4, -0.2) is 24.7 Å². The van der Waals surface area contributed by atoms with Crippen molar-refractivity contribution in [3.8, 4) is 0 Å². The summed E-state index contributed by atoms with van der Waals surface area (Å²) >= 11 is 0. The molecule has 1 aliphatic carbocycles. The number of aromatic nitrogens is 2. The molecule has 0 spiro atoms. The fourth-order valence-corrected chi connectivity index (χ4v) is 4.19. The van der Waals surface area contributed by atoms with E-state index >= 15 is 0 Å². The van der Waals surface area contributed by atoms with Gasteiger partial charge in [0, 0.05) is 6.04 Å². The SMILES string of the molecule is CCc1ccc(S(=O)(=O)Nc2ccc(NC3CCCCCC3)nn2)cc1. The van der Waals surface area contributed by atoms with E-state index in [9.17, 15) is 8.42 Å². The number of anilines is 2. The summed E-state index contributed by atoms with van der Waals surface area (Å²) in [4.78, 5) is 0.220. The maximum absolute atomic E-state index is 12.4. The zero-order valence-electron chi connectivity index (χ0n) is 15.1. The number of benzene rings is 1. The van der Waals surface area contributed by atoms with Crippen LogP contribution in [0.3, 0.4) is 0 Å². The minimum Gasteiger partial charge on any atom is -0.366 e. The first kappa shape index (κ1) is 18.6. The minimum atomic E-state index is -3.66. The fourth-order valence-electron chi connectivity index (χ4n) is 3.20. The van der Waals surface area contributed by atoms with Crippen LogP contribution in [0.1, 0.15) is 51.0 Å². The highest BCUT2D eigenvalue weighted by molar-refractivity contribution is 7.92. The second-order valence-electron chi connectivity index (χ2n) is 6.74. The van der Waals surface area contributed by atoms with Gasteiger partial charge in [-0.05, 0) is 49.1 Å². The van der Waals surface area contributed by atoms with Crippen molar-refractivity contribution in [3.63, 3.8) is 0 Å². The van der Waals surface area contributed by atoms with Crippen LogP contribution in [0.5, 0.6) is 0 Å². The molecule has 1 aromatic heterocycles. The summed E-state index contributed by atoms with van der Waals surface area (Å²) in [5.74, 6) is 0.906. The number of aryl methyl sites for hydroxylation is 1. The molecule has 2 N–H and O–H groups in total. The van der Waals surface area contributed by atoms with Crippen molar-refractivity contribution in [2.24, 2.45) is 0 Å². The Morgan fingerprint density at radius 2 is 1.54 bits per heavy atom. The van der Waals surface area contributed by atoms with Crippen molar-refractivity contribution in [2.45, 2.75) is 62.8 Å². The van der Waals surface area contributed by atoms with Gasteiger partial charge in [0.1, 0.15) is 5.82 Å². The number of hydrogen-bond acceptors (Lipinski definition) is 5. The van der Waals surface area contributed by atoms with Crippen LogP contribution < -0.4 is 10.0 Å². The molecule has 0 atom stereocenters. The third-order valence-electron chi connectivity index (χ3n) is 4.75. The monoisotopic (exact) mass is 374 g/mol. The molecule has 0 bridgehead atoms. The molecule has 6 nitrogen and oxygen atoms in total. The molecule has 0 radical (unpaired) electrons. The lowest BCUT2D eigenvalue weighted by Crippen LogP contribution is -2.20. The highest BCUT2D eigenvalue weighted by Gasteiger charge is 2.16. The molecule has 3 rings (SSSR count). The third-order valence-corrected chi connectivity index (χ3v) is 6.12. The van der Waals surface area contributed by atoms with Gasteiger partial charge in [-0.15, -0.1) is 10.2 Å². The molecule has 1 aromatic carbocycles. The van der Waals surface area contributed by atoms with Crippen LogP contribution in [0.4, 0.5) is 11.6 Å². The third kappa shape index (κ3) is 4.94. The van der Waals surface area contributed by atoms with E-state index < -0.39 is 10.0 Å². The van der Waals surface area contributed by atoms with Gasteiger partial charge in [-0.2, -0.15) is 0 Å². The van der Waals surface area contributed by atoms with Crippen molar-refractivity contribution >= 4 is 21.7 Å². The largest absolute Gasteiger partial charge is 0.366 e. The topological polar surface area (TPSA) is 84.0 Å². The normalized spacial score (nSPS) is 16.0. The Balaban J connectivity index is 1.64. The van der Waals surface area contributed by atoms with Crippen molar-refractivity contribution in [1.29, 1.82) is 0 Å². The van der Waals surface area contributed by atoms with Gasteiger partial charge < -0.3 is 5.32 Å². The predicted octanol–water partition coefficient (Wildman–Crippen LogP) is 3.97. The number of rotatable bonds is 6. The summed E-state index contributed by atoms with van der Waals surface area (Å²) in [5.41, 5.74) is 1.10. The second-order valence-corrected chi connectivity index (χ2v) is 8.42. The molecule has 0 saturated heterocycles. The highest BCUT2D eigenvalue weighted by atomic mass is 32.2. The standard InChI is InChI=1S/C19H26N4O2S/c1-2-15-9-11-17(12-10-15)26(24,25)23-19-14-13-18(21-22-19)20-16-7-5-3-4-6-8-16/h9-14,16H,2-8H2,1H3,(H,20,21)(H,22,23). The van der Waals surface area contributed by atoms with Gasteiger partial charge in [0.2, 0.25) is 0 Å². The highest BCUT2D eigenvalue weighted by Crippen LogP contribution is 2.21. The first-order valence-electron chi connectivity index (χ1n) is 9.29. The maximum Gasteiger partial charge on any atom is 0.263 e. The van der Waals surface area contributed by atoms with Gasteiger partial charge in [-0.25, -0.2) is 8.42 Å². The molecule has 2 aromatic rings. The van der Waals surface area contributed by atoms with E-state index in [0.717, 1.165) is 24.8 Å². The summed E-state index contributed by atoms with van der Waals surface area (Å²) in [5, 5.41) is 11.5. The summed E-state index contributed by atoms with van der Waals surface area (Å²) in [6.45, 7) is 2.03. The van der Waals surface area contributed by atoms with Gasteiger partial charge in [0.15, 0.2) is 5.82 Å². The Bertz CT molecular complexity index is 796. The van der Waals surface area contributed by atoms with Crippen molar-refractivity contribution in [3.05, 3.63) is 42.0 Å². The molecule has 1 fully saturated rings. The maximum atomic E-state index is 12.4. The Hall–Kier alpha value is -2.15. The summed E-state index contributed by atoms with van der Waals surface area (Å²) in [6, 6.07) is 10.7. The molecule has 7 heteroatoms. The molecule has 1 aliphatic rings. The van der Waals surface area contributed by atoms with Crippen LogP contribution in [0.25, 0.3) is 0 Å². The molecule has 140 valence electrons. The number of hydrogen-bond donors (Lipinski definition) is 2. The molecular formula is C19H26N4O2S. The number of nitrogens with one attached hydrogen (secondary N) is 2. The quantitative estimate of drug-likeness (QED) is 0.747. The molecular weight excluding hydrogens is 348 g/mol. The van der Waals surface area contributed by atoms with Gasteiger partial charge in [0.05, 0.1) is 4.90 Å². The second kappa shape index (κ2) is 8.49. The number of nitrogens with zero attached hydrogens (tertiary/aromatic N) is 2. The fraction of sp³-hybridized carbons (Fsp3) is 0.474. The van der Waals surface area contributed by atoms with E-state index in [1.807, 2.05) is 19.1 Å². The van der Waals surface area contributed by atoms with Gasteiger partial charge in [-0.3, -0.25) is 4.72 Å². The summed E-state index contributed by atoms with van der Waals surface area (Å²) in [7, 11) is -3.66. The average Bonchev–Trinajstić information content (AvgIpc) is 2.92. The Kier molecular flexibility index (Phi) is 6.08. The first-order valence-corrected chi connectivity index (χ1v) is 10.8. The Labute approximate surface area is 155 Å². The smallest absolute Gasteiger partial charge is 0.263 e. The summed E-state index contributed by atoms with van der Waals surface area (Å²) < 4.78 is 27.4. The molecule has 0 aliphatic heterocycles. The van der Waals surface area contributed by atoms with E-state index in [4.69, 9.17) is 0 Å². The lowest BCUT2D eigenvalue weighted by atomic mass is 10.1. The van der Waals surface area contributed by atoms with E-state index in [2.05, 4.69) is 20.2 Å². The zero-order chi connectivity index (χ0) is 18.4. The van der Waals surface area contributed by atoms with Crippen LogP contribution in [0.2, 0.25) is 0 Å².